The number of nitrogens with zero attached hydrogens (tertiary/aromatic N) is 3. The average molecular weight is 333 g/mol. The summed E-state index contributed by atoms with van der Waals surface area (Å²) in [7, 11) is 0. The molecule has 1 atom stereocenters. The number of likely N-dealkylation sites (tertiary alicyclic amines) is 1. The highest BCUT2D eigenvalue weighted by Crippen LogP contribution is 2.26. The van der Waals surface area contributed by atoms with E-state index in [-0.39, 0.29) is 18.0 Å². The van der Waals surface area contributed by atoms with Gasteiger partial charge in [-0.1, -0.05) is 19.3 Å². The Balaban J connectivity index is 1.53. The van der Waals surface area contributed by atoms with Crippen LogP contribution in [0.2, 0.25) is 0 Å². The van der Waals surface area contributed by atoms with Crippen molar-refractivity contribution in [1.82, 2.24) is 20.0 Å². The number of carbonyl (C=O) groups is 2. The number of nitrogens with one attached hydrogen (secondary N) is 2. The Morgan fingerprint density at radius 1 is 1.25 bits per heavy atom. The number of anilines is 1. The Hall–Kier alpha value is -2.05. The fourth-order valence-electron chi connectivity index (χ4n) is 3.74. The summed E-state index contributed by atoms with van der Waals surface area (Å²) in [6.07, 6.45) is 8.97. The van der Waals surface area contributed by atoms with Gasteiger partial charge in [-0.25, -0.2) is 9.48 Å². The zero-order chi connectivity index (χ0) is 16.9. The van der Waals surface area contributed by atoms with Crippen LogP contribution >= 0.6 is 0 Å². The highest BCUT2D eigenvalue weighted by molar-refractivity contribution is 5.88. The van der Waals surface area contributed by atoms with Crippen LogP contribution in [0, 0.1) is 5.92 Å². The molecule has 132 valence electrons. The summed E-state index contributed by atoms with van der Waals surface area (Å²) in [5, 5.41) is 10.2. The summed E-state index contributed by atoms with van der Waals surface area (Å²) in [6.45, 7) is 3.60. The quantitative estimate of drug-likeness (QED) is 0.886. The Bertz CT molecular complexity index is 579. The van der Waals surface area contributed by atoms with E-state index in [0.29, 0.717) is 19.0 Å². The summed E-state index contributed by atoms with van der Waals surface area (Å²) in [5.41, 5.74) is 0. The van der Waals surface area contributed by atoms with Crippen LogP contribution in [-0.4, -0.2) is 45.8 Å². The fourth-order valence-corrected chi connectivity index (χ4v) is 3.74. The zero-order valence-electron chi connectivity index (χ0n) is 14.3. The summed E-state index contributed by atoms with van der Waals surface area (Å²) >= 11 is 0. The third kappa shape index (κ3) is 4.27. The Morgan fingerprint density at radius 3 is 2.79 bits per heavy atom. The van der Waals surface area contributed by atoms with Crippen LogP contribution < -0.4 is 10.6 Å². The van der Waals surface area contributed by atoms with E-state index in [4.69, 9.17) is 0 Å². The topological polar surface area (TPSA) is 79.3 Å². The first-order chi connectivity index (χ1) is 11.6. The second-order valence-corrected chi connectivity index (χ2v) is 6.96. The summed E-state index contributed by atoms with van der Waals surface area (Å²) in [6, 6.07) is 1.79. The molecule has 7 nitrogen and oxygen atoms in total. The van der Waals surface area contributed by atoms with Crippen LogP contribution in [0.4, 0.5) is 10.6 Å². The molecule has 2 N–H and O–H groups in total. The van der Waals surface area contributed by atoms with E-state index in [1.54, 1.807) is 11.1 Å². The first-order valence-corrected chi connectivity index (χ1v) is 8.96. The number of rotatable bonds is 4. The van der Waals surface area contributed by atoms with Crippen molar-refractivity contribution in [2.45, 2.75) is 58.0 Å². The number of urea groups is 1. The van der Waals surface area contributed by atoms with E-state index in [2.05, 4.69) is 15.7 Å². The van der Waals surface area contributed by atoms with Crippen molar-refractivity contribution in [3.8, 4) is 0 Å². The minimum Gasteiger partial charge on any atom is -0.352 e. The molecule has 24 heavy (non-hydrogen) atoms. The second-order valence-electron chi connectivity index (χ2n) is 6.96. The van der Waals surface area contributed by atoms with Crippen molar-refractivity contribution in [1.29, 1.82) is 0 Å². The van der Waals surface area contributed by atoms with Gasteiger partial charge in [0.25, 0.3) is 0 Å². The standard InChI is InChI=1S/C17H27N5O2/c1-13(23)19-15-8-10-21(12-15)17(24)20-16-7-9-18-22(16)11-14-5-3-2-4-6-14/h7,9,14-15H,2-6,8,10-12H2,1H3,(H,19,23)(H,20,24). The van der Waals surface area contributed by atoms with Crippen LogP contribution in [0.3, 0.4) is 0 Å². The molecule has 1 saturated heterocycles. The maximum absolute atomic E-state index is 12.4. The van der Waals surface area contributed by atoms with Gasteiger partial charge in [-0.05, 0) is 25.2 Å². The lowest BCUT2D eigenvalue weighted by atomic mass is 9.89. The van der Waals surface area contributed by atoms with E-state index >= 15 is 0 Å². The van der Waals surface area contributed by atoms with Gasteiger partial charge in [-0.2, -0.15) is 5.10 Å². The molecule has 7 heteroatoms. The molecule has 0 bridgehead atoms. The number of carbonyl (C=O) groups excluding carboxylic acids is 2. The van der Waals surface area contributed by atoms with Crippen LogP contribution in [-0.2, 0) is 11.3 Å². The van der Waals surface area contributed by atoms with Gasteiger partial charge >= 0.3 is 6.03 Å². The second kappa shape index (κ2) is 7.68. The largest absolute Gasteiger partial charge is 0.352 e. The van der Waals surface area contributed by atoms with Gasteiger partial charge < -0.3 is 10.2 Å². The van der Waals surface area contributed by atoms with E-state index in [1.165, 1.54) is 39.0 Å². The number of hydrogen-bond acceptors (Lipinski definition) is 3. The molecule has 2 aliphatic rings. The molecule has 2 fully saturated rings. The van der Waals surface area contributed by atoms with Gasteiger partial charge in [-0.15, -0.1) is 0 Å². The molecule has 0 aromatic carbocycles. The minimum absolute atomic E-state index is 0.0483. The van der Waals surface area contributed by atoms with Crippen molar-refractivity contribution < 1.29 is 9.59 Å². The first-order valence-electron chi connectivity index (χ1n) is 8.96. The summed E-state index contributed by atoms with van der Waals surface area (Å²) in [4.78, 5) is 25.3. The van der Waals surface area contributed by atoms with Crippen LogP contribution in [0.5, 0.6) is 0 Å². The summed E-state index contributed by atoms with van der Waals surface area (Å²) in [5.74, 6) is 1.37. The van der Waals surface area contributed by atoms with Crippen LogP contribution in [0.1, 0.15) is 45.4 Å². The van der Waals surface area contributed by atoms with Gasteiger partial charge in [0.2, 0.25) is 5.91 Å². The number of hydrogen-bond donors (Lipinski definition) is 2. The predicted octanol–water partition coefficient (Wildman–Crippen LogP) is 2.21. The van der Waals surface area contributed by atoms with E-state index < -0.39 is 0 Å². The average Bonchev–Trinajstić information content (AvgIpc) is 3.18. The van der Waals surface area contributed by atoms with E-state index in [1.807, 2.05) is 10.7 Å². The molecule has 3 amide bonds. The van der Waals surface area contributed by atoms with Crippen LogP contribution in [0.15, 0.2) is 12.3 Å². The lowest BCUT2D eigenvalue weighted by Crippen LogP contribution is -2.39. The van der Waals surface area contributed by atoms with E-state index in [0.717, 1.165) is 18.8 Å². The fraction of sp³-hybridized carbons (Fsp3) is 0.706. The molecule has 1 aliphatic heterocycles. The smallest absolute Gasteiger partial charge is 0.323 e. The molecule has 0 radical (unpaired) electrons. The van der Waals surface area contributed by atoms with E-state index in [9.17, 15) is 9.59 Å². The Kier molecular flexibility index (Phi) is 5.37. The maximum Gasteiger partial charge on any atom is 0.323 e. The molecular formula is C17H27N5O2. The molecule has 1 aliphatic carbocycles. The van der Waals surface area contributed by atoms with Crippen molar-refractivity contribution in [3.05, 3.63) is 12.3 Å². The molecule has 1 saturated carbocycles. The van der Waals surface area contributed by atoms with Crippen LogP contribution in [0.25, 0.3) is 0 Å². The molecule has 3 rings (SSSR count). The number of amides is 3. The molecule has 1 aromatic rings. The monoisotopic (exact) mass is 333 g/mol. The SMILES string of the molecule is CC(=O)NC1CCN(C(=O)Nc2ccnn2CC2CCCCC2)C1. The molecule has 2 heterocycles. The van der Waals surface area contributed by atoms with Crippen molar-refractivity contribution >= 4 is 17.8 Å². The molecule has 1 aromatic heterocycles. The van der Waals surface area contributed by atoms with Gasteiger partial charge in [0.1, 0.15) is 5.82 Å². The van der Waals surface area contributed by atoms with Crippen molar-refractivity contribution in [3.63, 3.8) is 0 Å². The third-order valence-electron chi connectivity index (χ3n) is 4.99. The lowest BCUT2D eigenvalue weighted by molar-refractivity contribution is -0.119. The van der Waals surface area contributed by atoms with Crippen molar-refractivity contribution in [2.75, 3.05) is 18.4 Å². The lowest BCUT2D eigenvalue weighted by Gasteiger charge is -2.23. The van der Waals surface area contributed by atoms with Gasteiger partial charge in [-0.3, -0.25) is 10.1 Å². The van der Waals surface area contributed by atoms with Crippen molar-refractivity contribution in [2.24, 2.45) is 5.92 Å². The first kappa shape index (κ1) is 16.8. The van der Waals surface area contributed by atoms with Gasteiger partial charge in [0, 0.05) is 38.7 Å². The van der Waals surface area contributed by atoms with Gasteiger partial charge in [0.15, 0.2) is 0 Å². The third-order valence-corrected chi connectivity index (χ3v) is 4.99. The molecule has 1 unspecified atom stereocenters. The highest BCUT2D eigenvalue weighted by atomic mass is 16.2. The summed E-state index contributed by atoms with van der Waals surface area (Å²) < 4.78 is 1.91. The molecule has 0 spiro atoms. The molecular weight excluding hydrogens is 306 g/mol. The Labute approximate surface area is 142 Å². The maximum atomic E-state index is 12.4. The highest BCUT2D eigenvalue weighted by Gasteiger charge is 2.27. The predicted molar refractivity (Wildman–Crippen MR) is 91.6 cm³/mol. The number of aromatic nitrogens is 2. The minimum atomic E-state index is -0.117. The Morgan fingerprint density at radius 2 is 2.04 bits per heavy atom. The zero-order valence-corrected chi connectivity index (χ0v) is 14.3. The van der Waals surface area contributed by atoms with Gasteiger partial charge in [0.05, 0.1) is 6.20 Å². The normalized spacial score (nSPS) is 21.7.